The first-order chi connectivity index (χ1) is 9.95. The average molecular weight is 288 g/mol. The van der Waals surface area contributed by atoms with Crippen LogP contribution in [0.5, 0.6) is 0 Å². The van der Waals surface area contributed by atoms with Gasteiger partial charge in [-0.1, -0.05) is 25.5 Å². The molecule has 3 saturated carbocycles. The Bertz CT molecular complexity index is 466. The van der Waals surface area contributed by atoms with Crippen LogP contribution < -0.4 is 0 Å². The predicted molar refractivity (Wildman–Crippen MR) is 86.9 cm³/mol. The van der Waals surface area contributed by atoms with Gasteiger partial charge in [0.1, 0.15) is 0 Å². The Morgan fingerprint density at radius 3 is 2.67 bits per heavy atom. The van der Waals surface area contributed by atoms with Crippen LogP contribution in [0.3, 0.4) is 0 Å². The van der Waals surface area contributed by atoms with Crippen molar-refractivity contribution in [2.75, 3.05) is 0 Å². The fourth-order valence-corrected chi connectivity index (χ4v) is 7.02. The van der Waals surface area contributed by atoms with Crippen LogP contribution in [0, 0.1) is 34.5 Å². The van der Waals surface area contributed by atoms with E-state index in [2.05, 4.69) is 26.8 Å². The standard InChI is InChI=1S/C20H32O/c1-13-4-7-17-16-6-5-14-12-15(21)8-10-20(14,3)18(16)9-11-19(13,17)2/h4,14-18,21H,5-12H2,1-3H3/t14-,15+,16+,17+,18+,19-,20+/m1/s1. The van der Waals surface area contributed by atoms with Gasteiger partial charge >= 0.3 is 0 Å². The molecule has 0 aromatic heterocycles. The minimum absolute atomic E-state index is 0.0103. The molecule has 21 heavy (non-hydrogen) atoms. The van der Waals surface area contributed by atoms with Crippen LogP contribution in [-0.4, -0.2) is 11.2 Å². The molecular weight excluding hydrogens is 256 g/mol. The molecule has 0 spiro atoms. The molecule has 0 heterocycles. The van der Waals surface area contributed by atoms with E-state index in [1.807, 2.05) is 0 Å². The molecule has 0 amide bonds. The molecule has 0 unspecified atom stereocenters. The second-order valence-corrected chi connectivity index (χ2v) is 9.16. The Labute approximate surface area is 130 Å². The summed E-state index contributed by atoms with van der Waals surface area (Å²) in [5.41, 5.74) is 2.72. The fraction of sp³-hybridized carbons (Fsp3) is 0.900. The van der Waals surface area contributed by atoms with E-state index in [1.54, 1.807) is 5.57 Å². The molecule has 1 heteroatoms. The van der Waals surface area contributed by atoms with Crippen molar-refractivity contribution in [1.29, 1.82) is 0 Å². The van der Waals surface area contributed by atoms with E-state index in [1.165, 1.54) is 38.5 Å². The summed E-state index contributed by atoms with van der Waals surface area (Å²) in [6.45, 7) is 7.51. The lowest BCUT2D eigenvalue weighted by atomic mass is 9.45. The van der Waals surface area contributed by atoms with Gasteiger partial charge in [0.25, 0.3) is 0 Å². The highest BCUT2D eigenvalue weighted by Gasteiger charge is 2.57. The van der Waals surface area contributed by atoms with Crippen molar-refractivity contribution in [3.8, 4) is 0 Å². The van der Waals surface area contributed by atoms with Crippen LogP contribution in [0.1, 0.15) is 72.1 Å². The first-order valence-corrected chi connectivity index (χ1v) is 9.30. The highest BCUT2D eigenvalue weighted by Crippen LogP contribution is 2.66. The minimum Gasteiger partial charge on any atom is -0.393 e. The van der Waals surface area contributed by atoms with E-state index in [-0.39, 0.29) is 6.10 Å². The summed E-state index contributed by atoms with van der Waals surface area (Å²) in [6, 6.07) is 0. The van der Waals surface area contributed by atoms with Gasteiger partial charge in [0.15, 0.2) is 0 Å². The summed E-state index contributed by atoms with van der Waals surface area (Å²) < 4.78 is 0. The van der Waals surface area contributed by atoms with Gasteiger partial charge < -0.3 is 5.11 Å². The number of hydrogen-bond acceptors (Lipinski definition) is 1. The topological polar surface area (TPSA) is 20.2 Å². The SMILES string of the molecule is CC1=CC[C@H]2[C@@H]3CC[C@@H]4C[C@@H](O)CC[C@]4(C)[C@H]3CC[C@]12C. The lowest BCUT2D eigenvalue weighted by molar-refractivity contribution is -0.117. The molecular formula is C20H32O. The van der Waals surface area contributed by atoms with Gasteiger partial charge in [-0.15, -0.1) is 0 Å². The molecule has 0 saturated heterocycles. The highest BCUT2D eigenvalue weighted by molar-refractivity contribution is 5.23. The summed E-state index contributed by atoms with van der Waals surface area (Å²) in [6.07, 6.45) is 12.9. The summed E-state index contributed by atoms with van der Waals surface area (Å²) in [4.78, 5) is 0. The Hall–Kier alpha value is -0.300. The van der Waals surface area contributed by atoms with Crippen LogP contribution in [0.2, 0.25) is 0 Å². The van der Waals surface area contributed by atoms with Crippen LogP contribution in [0.4, 0.5) is 0 Å². The van der Waals surface area contributed by atoms with Gasteiger partial charge in [-0.05, 0) is 92.8 Å². The van der Waals surface area contributed by atoms with Crippen molar-refractivity contribution in [1.82, 2.24) is 0 Å². The zero-order chi connectivity index (χ0) is 14.8. The van der Waals surface area contributed by atoms with E-state index >= 15 is 0 Å². The fourth-order valence-electron chi connectivity index (χ4n) is 7.02. The lowest BCUT2D eigenvalue weighted by Crippen LogP contribution is -2.53. The number of hydrogen-bond donors (Lipinski definition) is 1. The quantitative estimate of drug-likeness (QED) is 0.626. The van der Waals surface area contributed by atoms with Gasteiger partial charge in [0.05, 0.1) is 6.10 Å². The van der Waals surface area contributed by atoms with Crippen molar-refractivity contribution < 1.29 is 5.11 Å². The molecule has 4 rings (SSSR count). The maximum atomic E-state index is 10.1. The zero-order valence-corrected chi connectivity index (χ0v) is 14.1. The second kappa shape index (κ2) is 4.60. The minimum atomic E-state index is -0.0103. The molecule has 0 bridgehead atoms. The van der Waals surface area contributed by atoms with Gasteiger partial charge in [-0.25, -0.2) is 0 Å². The molecule has 1 nitrogen and oxygen atoms in total. The monoisotopic (exact) mass is 288 g/mol. The Morgan fingerprint density at radius 2 is 1.86 bits per heavy atom. The summed E-state index contributed by atoms with van der Waals surface area (Å²) in [5, 5.41) is 10.1. The Balaban J connectivity index is 1.63. The molecule has 4 aliphatic rings. The molecule has 0 aromatic carbocycles. The van der Waals surface area contributed by atoms with Gasteiger partial charge in [0, 0.05) is 0 Å². The largest absolute Gasteiger partial charge is 0.393 e. The van der Waals surface area contributed by atoms with E-state index in [0.29, 0.717) is 10.8 Å². The molecule has 0 radical (unpaired) electrons. The Kier molecular flexibility index (Phi) is 3.13. The van der Waals surface area contributed by atoms with Crippen molar-refractivity contribution in [2.24, 2.45) is 34.5 Å². The summed E-state index contributed by atoms with van der Waals surface area (Å²) in [7, 11) is 0. The normalized spacial score (nSPS) is 56.2. The maximum absolute atomic E-state index is 10.1. The molecule has 7 atom stereocenters. The van der Waals surface area contributed by atoms with Crippen molar-refractivity contribution in [2.45, 2.75) is 78.2 Å². The highest BCUT2D eigenvalue weighted by atomic mass is 16.3. The number of aliphatic hydroxyl groups is 1. The van der Waals surface area contributed by atoms with Crippen LogP contribution >= 0.6 is 0 Å². The third-order valence-electron chi connectivity index (χ3n) is 8.61. The maximum Gasteiger partial charge on any atom is 0.0543 e. The van der Waals surface area contributed by atoms with Crippen molar-refractivity contribution >= 4 is 0 Å². The van der Waals surface area contributed by atoms with Crippen molar-refractivity contribution in [3.63, 3.8) is 0 Å². The third-order valence-corrected chi connectivity index (χ3v) is 8.61. The van der Waals surface area contributed by atoms with Gasteiger partial charge in [-0.2, -0.15) is 0 Å². The van der Waals surface area contributed by atoms with E-state index in [9.17, 15) is 5.11 Å². The zero-order valence-electron chi connectivity index (χ0n) is 14.1. The second-order valence-electron chi connectivity index (χ2n) is 9.16. The van der Waals surface area contributed by atoms with Crippen LogP contribution in [0.25, 0.3) is 0 Å². The van der Waals surface area contributed by atoms with E-state index in [0.717, 1.165) is 36.5 Å². The number of aliphatic hydroxyl groups excluding tert-OH is 1. The number of allylic oxidation sites excluding steroid dienone is 2. The Morgan fingerprint density at radius 1 is 1.05 bits per heavy atom. The average Bonchev–Trinajstić information content (AvgIpc) is 2.76. The van der Waals surface area contributed by atoms with Crippen LogP contribution in [0.15, 0.2) is 11.6 Å². The lowest BCUT2D eigenvalue weighted by Gasteiger charge is -2.60. The first kappa shape index (κ1) is 14.3. The molecule has 3 fully saturated rings. The molecule has 1 N–H and O–H groups in total. The number of fused-ring (bicyclic) bond motifs is 5. The first-order valence-electron chi connectivity index (χ1n) is 9.30. The number of rotatable bonds is 0. The predicted octanol–water partition coefficient (Wildman–Crippen LogP) is 4.95. The van der Waals surface area contributed by atoms with Crippen LogP contribution in [-0.2, 0) is 0 Å². The van der Waals surface area contributed by atoms with Gasteiger partial charge in [0.2, 0.25) is 0 Å². The van der Waals surface area contributed by atoms with E-state index in [4.69, 9.17) is 0 Å². The van der Waals surface area contributed by atoms with E-state index < -0.39 is 0 Å². The summed E-state index contributed by atoms with van der Waals surface area (Å²) >= 11 is 0. The molecule has 4 aliphatic carbocycles. The van der Waals surface area contributed by atoms with Gasteiger partial charge in [-0.3, -0.25) is 0 Å². The summed E-state index contributed by atoms with van der Waals surface area (Å²) in [5.74, 6) is 3.60. The molecule has 0 aromatic rings. The van der Waals surface area contributed by atoms with Crippen molar-refractivity contribution in [3.05, 3.63) is 11.6 Å². The molecule has 118 valence electrons. The molecule has 0 aliphatic heterocycles. The third kappa shape index (κ3) is 1.85. The smallest absolute Gasteiger partial charge is 0.0543 e.